The van der Waals surface area contributed by atoms with Gasteiger partial charge in [-0.3, -0.25) is 0 Å². The summed E-state index contributed by atoms with van der Waals surface area (Å²) in [5, 5.41) is 0. The molecule has 0 bridgehead atoms. The van der Waals surface area contributed by atoms with Crippen molar-refractivity contribution in [3.05, 3.63) is 29.8 Å². The molecule has 2 saturated heterocycles. The van der Waals surface area contributed by atoms with Gasteiger partial charge in [-0.05, 0) is 52.7 Å². The van der Waals surface area contributed by atoms with Gasteiger partial charge in [-0.25, -0.2) is 16.9 Å². The van der Waals surface area contributed by atoms with Crippen LogP contribution in [0.3, 0.4) is 0 Å². The minimum atomic E-state index is -3.49. The molecule has 2 fully saturated rings. The lowest BCUT2D eigenvalue weighted by atomic mass is 10.2. The monoisotopic (exact) mass is 370 g/mol. The van der Waals surface area contributed by atoms with Crippen molar-refractivity contribution < 1.29 is 12.6 Å². The predicted octanol–water partition coefficient (Wildman–Crippen LogP) is 2.29. The van der Waals surface area contributed by atoms with Gasteiger partial charge in [-0.1, -0.05) is 17.7 Å². The maximum absolute atomic E-state index is 12.9. The van der Waals surface area contributed by atoms with Gasteiger partial charge in [0.1, 0.15) is 11.0 Å². The van der Waals surface area contributed by atoms with Crippen molar-refractivity contribution >= 4 is 21.0 Å². The fourth-order valence-corrected chi connectivity index (χ4v) is 6.27. The Morgan fingerprint density at radius 3 is 2.33 bits per heavy atom. The van der Waals surface area contributed by atoms with Crippen LogP contribution in [0.4, 0.5) is 0 Å². The van der Waals surface area contributed by atoms with Gasteiger partial charge < -0.3 is 0 Å². The van der Waals surface area contributed by atoms with E-state index in [0.29, 0.717) is 18.0 Å². The fourth-order valence-electron chi connectivity index (χ4n) is 3.25. The maximum atomic E-state index is 12.9. The van der Waals surface area contributed by atoms with E-state index < -0.39 is 21.0 Å². The van der Waals surface area contributed by atoms with E-state index >= 15 is 0 Å². The molecule has 1 aromatic rings. The quantitative estimate of drug-likeness (QED) is 0.767. The molecule has 1 aromatic carbocycles. The summed E-state index contributed by atoms with van der Waals surface area (Å²) in [6, 6.07) is 7.32. The molecule has 0 aliphatic carbocycles. The van der Waals surface area contributed by atoms with E-state index in [4.69, 9.17) is 0 Å². The first kappa shape index (κ1) is 18.0. The smallest absolute Gasteiger partial charge is 0.242 e. The zero-order valence-corrected chi connectivity index (χ0v) is 16.4. The number of rotatable bonds is 3. The van der Waals surface area contributed by atoms with Gasteiger partial charge in [-0.2, -0.15) is 4.31 Å². The van der Waals surface area contributed by atoms with E-state index in [1.165, 1.54) is 0 Å². The van der Waals surface area contributed by atoms with Crippen LogP contribution >= 0.6 is 0 Å². The first-order valence-corrected chi connectivity index (χ1v) is 10.9. The Morgan fingerprint density at radius 2 is 1.75 bits per heavy atom. The van der Waals surface area contributed by atoms with E-state index in [2.05, 4.69) is 0 Å². The summed E-state index contributed by atoms with van der Waals surface area (Å²) in [4.78, 5) is 0.343. The first-order valence-electron chi connectivity index (χ1n) is 8.39. The van der Waals surface area contributed by atoms with Gasteiger partial charge in [0.05, 0.1) is 15.7 Å². The molecule has 24 heavy (non-hydrogen) atoms. The summed E-state index contributed by atoms with van der Waals surface area (Å²) in [5.74, 6) is 0. The third-order valence-electron chi connectivity index (χ3n) is 4.68. The molecule has 2 heterocycles. The highest BCUT2D eigenvalue weighted by atomic mass is 32.2. The van der Waals surface area contributed by atoms with Gasteiger partial charge in [-0.15, -0.1) is 0 Å². The molecule has 2 unspecified atom stereocenters. The summed E-state index contributed by atoms with van der Waals surface area (Å²) >= 11 is 0. The Hall–Kier alpha value is -0.760. The zero-order valence-electron chi connectivity index (χ0n) is 14.7. The highest BCUT2D eigenvalue weighted by molar-refractivity contribution is 7.89. The molecular weight excluding hydrogens is 344 g/mol. The number of sulfonamides is 1. The van der Waals surface area contributed by atoms with E-state index in [0.717, 1.165) is 18.4 Å². The molecule has 0 amide bonds. The first-order chi connectivity index (χ1) is 11.1. The minimum absolute atomic E-state index is 0.0766. The Labute approximate surface area is 147 Å². The van der Waals surface area contributed by atoms with Gasteiger partial charge in [0.25, 0.3) is 0 Å². The van der Waals surface area contributed by atoms with Crippen molar-refractivity contribution in [2.75, 3.05) is 13.1 Å². The van der Waals surface area contributed by atoms with Crippen LogP contribution in [-0.2, 0) is 21.0 Å². The maximum Gasteiger partial charge on any atom is 0.243 e. The summed E-state index contributed by atoms with van der Waals surface area (Å²) in [6.45, 7) is 8.80. The molecule has 4 atom stereocenters. The third kappa shape index (κ3) is 3.31. The summed E-state index contributed by atoms with van der Waals surface area (Å²) in [7, 11) is -4.57. The van der Waals surface area contributed by atoms with Crippen LogP contribution < -0.4 is 0 Å². The Morgan fingerprint density at radius 1 is 1.12 bits per heavy atom. The van der Waals surface area contributed by atoms with E-state index in [-0.39, 0.29) is 16.8 Å². The molecule has 2 aliphatic rings. The third-order valence-corrected chi connectivity index (χ3v) is 8.53. The molecule has 0 aromatic heterocycles. The largest absolute Gasteiger partial charge is 0.243 e. The van der Waals surface area contributed by atoms with Crippen LogP contribution in [0.15, 0.2) is 29.2 Å². The van der Waals surface area contributed by atoms with Crippen LogP contribution in [0.2, 0.25) is 0 Å². The molecule has 7 heteroatoms. The Kier molecular flexibility index (Phi) is 4.66. The molecule has 0 radical (unpaired) electrons. The number of hydrogen-bond acceptors (Lipinski definition) is 3. The van der Waals surface area contributed by atoms with Crippen LogP contribution in [0.25, 0.3) is 0 Å². The van der Waals surface area contributed by atoms with E-state index in [1.807, 2.05) is 44.1 Å². The number of fused-ring (bicyclic) bond motifs is 1. The number of aryl methyl sites for hydroxylation is 1. The molecule has 2 aliphatic heterocycles. The van der Waals surface area contributed by atoms with Crippen molar-refractivity contribution in [2.45, 2.75) is 62.3 Å². The average molecular weight is 371 g/mol. The second-order valence-electron chi connectivity index (χ2n) is 7.67. The van der Waals surface area contributed by atoms with Gasteiger partial charge in [0.2, 0.25) is 10.0 Å². The summed E-state index contributed by atoms with van der Waals surface area (Å²) in [5.41, 5.74) is 1.04. The lowest BCUT2D eigenvalue weighted by molar-refractivity contribution is 0.399. The van der Waals surface area contributed by atoms with Crippen LogP contribution in [-0.4, -0.2) is 51.2 Å². The standard InChI is InChI=1S/C17H26N2O3S2/c1-13-7-9-14(10-8-13)24(21,22)18-11-5-6-15-16(12-18)19(15)23(20)17(2,3)4/h7-10,15-16H,5-6,11-12H2,1-4H3/t15-,16+,19?,23?/m0/s1. The normalized spacial score (nSPS) is 29.6. The molecule has 3 rings (SSSR count). The summed E-state index contributed by atoms with van der Waals surface area (Å²) < 4.78 is 41.7. The van der Waals surface area contributed by atoms with Crippen LogP contribution in [0.5, 0.6) is 0 Å². The topological polar surface area (TPSA) is 57.5 Å². The average Bonchev–Trinajstić information content (AvgIpc) is 3.19. The molecule has 134 valence electrons. The van der Waals surface area contributed by atoms with Crippen molar-refractivity contribution in [3.8, 4) is 0 Å². The zero-order chi connectivity index (χ0) is 17.7. The second-order valence-corrected chi connectivity index (χ2v) is 11.8. The highest BCUT2D eigenvalue weighted by Crippen LogP contribution is 2.40. The molecule has 0 saturated carbocycles. The van der Waals surface area contributed by atoms with Crippen molar-refractivity contribution in [2.24, 2.45) is 0 Å². The number of nitrogens with zero attached hydrogens (tertiary/aromatic N) is 2. The number of hydrogen-bond donors (Lipinski definition) is 0. The van der Waals surface area contributed by atoms with Crippen molar-refractivity contribution in [3.63, 3.8) is 0 Å². The molecule has 5 nitrogen and oxygen atoms in total. The predicted molar refractivity (Wildman–Crippen MR) is 96.5 cm³/mol. The minimum Gasteiger partial charge on any atom is -0.242 e. The lowest BCUT2D eigenvalue weighted by Crippen LogP contribution is -2.37. The Balaban J connectivity index is 1.79. The van der Waals surface area contributed by atoms with E-state index in [1.54, 1.807) is 16.4 Å². The number of benzene rings is 1. The van der Waals surface area contributed by atoms with Gasteiger partial charge >= 0.3 is 0 Å². The fraction of sp³-hybridized carbons (Fsp3) is 0.647. The van der Waals surface area contributed by atoms with Crippen molar-refractivity contribution in [1.29, 1.82) is 0 Å². The van der Waals surface area contributed by atoms with Crippen LogP contribution in [0, 0.1) is 6.92 Å². The SMILES string of the molecule is Cc1ccc(S(=O)(=O)N2CCC[C@H]3[C@@H](C2)N3S(=O)C(C)(C)C)cc1. The van der Waals surface area contributed by atoms with Crippen molar-refractivity contribution in [1.82, 2.24) is 8.61 Å². The highest BCUT2D eigenvalue weighted by Gasteiger charge is 2.55. The van der Waals surface area contributed by atoms with Gasteiger partial charge in [0, 0.05) is 19.1 Å². The Bertz CT molecular complexity index is 738. The van der Waals surface area contributed by atoms with Crippen LogP contribution in [0.1, 0.15) is 39.2 Å². The van der Waals surface area contributed by atoms with Gasteiger partial charge in [0.15, 0.2) is 0 Å². The second kappa shape index (κ2) is 6.20. The lowest BCUT2D eigenvalue weighted by Gasteiger charge is -2.23. The molecular formula is C17H26N2O3S2. The van der Waals surface area contributed by atoms with E-state index in [9.17, 15) is 12.6 Å². The molecule has 0 spiro atoms. The summed E-state index contributed by atoms with van der Waals surface area (Å²) in [6.07, 6.45) is 1.72. The molecule has 0 N–H and O–H groups in total.